The van der Waals surface area contributed by atoms with Gasteiger partial charge in [-0.25, -0.2) is 0 Å². The van der Waals surface area contributed by atoms with E-state index in [0.29, 0.717) is 11.3 Å². The topological polar surface area (TPSA) is 70.2 Å². The highest BCUT2D eigenvalue weighted by Gasteiger charge is 2.13. The van der Waals surface area contributed by atoms with Gasteiger partial charge in [-0.2, -0.15) is 0 Å². The number of carbonyl (C=O) groups is 2. The van der Waals surface area contributed by atoms with Crippen LogP contribution in [0.15, 0.2) is 72.8 Å². The molecular weight excluding hydrogens is 350 g/mol. The minimum absolute atomic E-state index is 0.105. The lowest BCUT2D eigenvalue weighted by molar-refractivity contribution is -0.115. The smallest absolute Gasteiger partial charge is 0.253 e. The second-order valence-corrected chi connectivity index (χ2v) is 6.53. The van der Waals surface area contributed by atoms with E-state index in [-0.39, 0.29) is 18.4 Å². The highest BCUT2D eigenvalue weighted by atomic mass is 16.2. The number of para-hydroxylation sites is 3. The van der Waals surface area contributed by atoms with Gasteiger partial charge in [0.25, 0.3) is 5.91 Å². The molecule has 0 heterocycles. The predicted octanol–water partition coefficient (Wildman–Crippen LogP) is 4.42. The van der Waals surface area contributed by atoms with Gasteiger partial charge in [-0.05, 0) is 49.2 Å². The van der Waals surface area contributed by atoms with E-state index < -0.39 is 0 Å². The van der Waals surface area contributed by atoms with Crippen molar-refractivity contribution >= 4 is 28.9 Å². The van der Waals surface area contributed by atoms with Crippen molar-refractivity contribution in [3.63, 3.8) is 0 Å². The Morgan fingerprint density at radius 3 is 2.14 bits per heavy atom. The number of benzene rings is 3. The monoisotopic (exact) mass is 373 g/mol. The van der Waals surface area contributed by atoms with Crippen molar-refractivity contribution in [1.82, 2.24) is 5.32 Å². The third kappa shape index (κ3) is 4.76. The van der Waals surface area contributed by atoms with Gasteiger partial charge < -0.3 is 16.0 Å². The molecule has 5 nitrogen and oxygen atoms in total. The molecule has 0 aromatic heterocycles. The molecule has 142 valence electrons. The van der Waals surface area contributed by atoms with E-state index in [9.17, 15) is 9.59 Å². The first kappa shape index (κ1) is 19.2. The number of hydrogen-bond acceptors (Lipinski definition) is 3. The highest BCUT2D eigenvalue weighted by Crippen LogP contribution is 2.21. The van der Waals surface area contributed by atoms with Crippen LogP contribution in [0.2, 0.25) is 0 Å². The van der Waals surface area contributed by atoms with E-state index >= 15 is 0 Å². The summed E-state index contributed by atoms with van der Waals surface area (Å²) in [5.74, 6) is -0.574. The van der Waals surface area contributed by atoms with Crippen LogP contribution < -0.4 is 16.0 Å². The van der Waals surface area contributed by atoms with Crippen LogP contribution in [0.5, 0.6) is 0 Å². The molecule has 0 radical (unpaired) electrons. The Morgan fingerprint density at radius 1 is 0.786 bits per heavy atom. The van der Waals surface area contributed by atoms with E-state index in [1.54, 1.807) is 12.1 Å². The second-order valence-electron chi connectivity index (χ2n) is 6.53. The molecule has 3 N–H and O–H groups in total. The molecule has 0 bridgehead atoms. The molecule has 0 saturated heterocycles. The fourth-order valence-corrected chi connectivity index (χ4v) is 2.92. The van der Waals surface area contributed by atoms with Gasteiger partial charge in [0, 0.05) is 11.4 Å². The van der Waals surface area contributed by atoms with Crippen molar-refractivity contribution in [2.45, 2.75) is 13.8 Å². The van der Waals surface area contributed by atoms with Gasteiger partial charge in [0.15, 0.2) is 0 Å². The Morgan fingerprint density at radius 2 is 1.43 bits per heavy atom. The number of anilines is 3. The summed E-state index contributed by atoms with van der Waals surface area (Å²) in [6.07, 6.45) is 0. The molecule has 28 heavy (non-hydrogen) atoms. The van der Waals surface area contributed by atoms with E-state index in [1.807, 2.05) is 74.5 Å². The van der Waals surface area contributed by atoms with Gasteiger partial charge in [-0.1, -0.05) is 48.5 Å². The molecule has 0 aliphatic rings. The van der Waals surface area contributed by atoms with Crippen LogP contribution in [0.1, 0.15) is 21.5 Å². The number of amides is 2. The van der Waals surface area contributed by atoms with Crippen LogP contribution in [-0.4, -0.2) is 18.4 Å². The Hall–Kier alpha value is -3.60. The van der Waals surface area contributed by atoms with Gasteiger partial charge >= 0.3 is 0 Å². The minimum Gasteiger partial charge on any atom is -0.355 e. The molecule has 0 spiro atoms. The average Bonchev–Trinajstić information content (AvgIpc) is 2.70. The Bertz CT molecular complexity index is 964. The summed E-state index contributed by atoms with van der Waals surface area (Å²) in [7, 11) is 0. The van der Waals surface area contributed by atoms with Crippen molar-refractivity contribution in [2.75, 3.05) is 17.2 Å². The maximum Gasteiger partial charge on any atom is 0.253 e. The van der Waals surface area contributed by atoms with Crippen molar-refractivity contribution in [3.05, 3.63) is 89.5 Å². The van der Waals surface area contributed by atoms with Crippen LogP contribution in [0, 0.1) is 13.8 Å². The molecule has 2 amide bonds. The zero-order valence-corrected chi connectivity index (χ0v) is 16.0. The lowest BCUT2D eigenvalue weighted by Gasteiger charge is -2.14. The van der Waals surface area contributed by atoms with Crippen molar-refractivity contribution in [1.29, 1.82) is 0 Å². The molecule has 0 saturated carbocycles. The first-order valence-electron chi connectivity index (χ1n) is 9.10. The Balaban J connectivity index is 1.64. The summed E-state index contributed by atoms with van der Waals surface area (Å²) < 4.78 is 0. The first-order chi connectivity index (χ1) is 13.5. The normalized spacial score (nSPS) is 10.2. The predicted molar refractivity (Wildman–Crippen MR) is 113 cm³/mol. The molecule has 0 atom stereocenters. The SMILES string of the molecule is Cc1cccc(C)c1NC(=O)CNC(=O)c1ccccc1Nc1ccccc1. The lowest BCUT2D eigenvalue weighted by Crippen LogP contribution is -2.33. The maximum atomic E-state index is 12.6. The van der Waals surface area contributed by atoms with E-state index in [4.69, 9.17) is 0 Å². The Kier molecular flexibility index (Phi) is 6.07. The molecular formula is C23H23N3O2. The molecule has 0 aliphatic carbocycles. The number of rotatable bonds is 6. The minimum atomic E-state index is -0.310. The summed E-state index contributed by atoms with van der Waals surface area (Å²) in [6, 6.07) is 22.6. The molecule has 0 fully saturated rings. The fourth-order valence-electron chi connectivity index (χ4n) is 2.92. The summed E-state index contributed by atoms with van der Waals surface area (Å²) in [4.78, 5) is 24.9. The fraction of sp³-hybridized carbons (Fsp3) is 0.130. The van der Waals surface area contributed by atoms with Crippen LogP contribution in [-0.2, 0) is 4.79 Å². The molecule has 0 unspecified atom stereocenters. The third-order valence-corrected chi connectivity index (χ3v) is 4.38. The molecule has 0 aliphatic heterocycles. The van der Waals surface area contributed by atoms with Crippen LogP contribution in [0.3, 0.4) is 0 Å². The number of aryl methyl sites for hydroxylation is 2. The summed E-state index contributed by atoms with van der Waals surface area (Å²) in [6.45, 7) is 3.77. The summed E-state index contributed by atoms with van der Waals surface area (Å²) in [5.41, 5.74) is 4.80. The zero-order chi connectivity index (χ0) is 19.9. The third-order valence-electron chi connectivity index (χ3n) is 4.38. The highest BCUT2D eigenvalue weighted by molar-refractivity contribution is 6.03. The van der Waals surface area contributed by atoms with E-state index in [2.05, 4.69) is 16.0 Å². The quantitative estimate of drug-likeness (QED) is 0.599. The zero-order valence-electron chi connectivity index (χ0n) is 16.0. The van der Waals surface area contributed by atoms with Gasteiger partial charge in [0.1, 0.15) is 0 Å². The van der Waals surface area contributed by atoms with Gasteiger partial charge in [0.05, 0.1) is 17.8 Å². The van der Waals surface area contributed by atoms with E-state index in [0.717, 1.165) is 22.5 Å². The molecule has 3 aromatic carbocycles. The standard InChI is InChI=1S/C23H23N3O2/c1-16-9-8-10-17(2)22(16)26-21(27)15-24-23(28)19-13-6-7-14-20(19)25-18-11-4-3-5-12-18/h3-14,25H,15H2,1-2H3,(H,24,28)(H,26,27). The van der Waals surface area contributed by atoms with Crippen LogP contribution in [0.4, 0.5) is 17.1 Å². The molecule has 5 heteroatoms. The first-order valence-corrected chi connectivity index (χ1v) is 9.10. The molecule has 3 rings (SSSR count). The maximum absolute atomic E-state index is 12.6. The van der Waals surface area contributed by atoms with Crippen LogP contribution in [0.25, 0.3) is 0 Å². The van der Waals surface area contributed by atoms with Crippen molar-refractivity contribution in [2.24, 2.45) is 0 Å². The largest absolute Gasteiger partial charge is 0.355 e. The van der Waals surface area contributed by atoms with Crippen molar-refractivity contribution in [3.8, 4) is 0 Å². The second kappa shape index (κ2) is 8.86. The summed E-state index contributed by atoms with van der Waals surface area (Å²) in [5, 5.41) is 8.80. The summed E-state index contributed by atoms with van der Waals surface area (Å²) >= 11 is 0. The van der Waals surface area contributed by atoms with Gasteiger partial charge in [0.2, 0.25) is 5.91 Å². The Labute approximate surface area is 164 Å². The van der Waals surface area contributed by atoms with Gasteiger partial charge in [-0.3, -0.25) is 9.59 Å². The number of hydrogen-bond donors (Lipinski definition) is 3. The van der Waals surface area contributed by atoms with Crippen molar-refractivity contribution < 1.29 is 9.59 Å². The number of carbonyl (C=O) groups excluding carboxylic acids is 2. The average molecular weight is 373 g/mol. The number of nitrogens with one attached hydrogen (secondary N) is 3. The van der Waals surface area contributed by atoms with Gasteiger partial charge in [-0.15, -0.1) is 0 Å². The van der Waals surface area contributed by atoms with E-state index in [1.165, 1.54) is 0 Å². The molecule has 3 aromatic rings. The van der Waals surface area contributed by atoms with Crippen LogP contribution >= 0.6 is 0 Å². The lowest BCUT2D eigenvalue weighted by atomic mass is 10.1.